The molecular formula is C8H8BrNO4. The molecule has 0 atom stereocenters. The summed E-state index contributed by atoms with van der Waals surface area (Å²) in [5.74, 6) is -1.39. The summed E-state index contributed by atoms with van der Waals surface area (Å²) in [4.78, 5) is 10.7. The van der Waals surface area contributed by atoms with Crippen LogP contribution < -0.4 is 10.5 Å². The van der Waals surface area contributed by atoms with Crippen molar-refractivity contribution in [3.8, 4) is 11.5 Å². The van der Waals surface area contributed by atoms with Crippen molar-refractivity contribution in [1.82, 2.24) is 0 Å². The Morgan fingerprint density at radius 2 is 2.21 bits per heavy atom. The lowest BCUT2D eigenvalue weighted by molar-refractivity contribution is 0.0695. The Morgan fingerprint density at radius 1 is 1.64 bits per heavy atom. The molecule has 0 saturated heterocycles. The van der Waals surface area contributed by atoms with Gasteiger partial charge in [0.15, 0.2) is 11.5 Å². The van der Waals surface area contributed by atoms with E-state index >= 15 is 0 Å². The van der Waals surface area contributed by atoms with Crippen molar-refractivity contribution in [3.63, 3.8) is 0 Å². The second kappa shape index (κ2) is 3.75. The number of phenols is 1. The molecule has 0 fully saturated rings. The maximum Gasteiger partial charge on any atom is 0.337 e. The van der Waals surface area contributed by atoms with Gasteiger partial charge in [-0.3, -0.25) is 0 Å². The number of nitrogen functional groups attached to an aromatic ring is 1. The van der Waals surface area contributed by atoms with E-state index in [0.29, 0.717) is 0 Å². The SMILES string of the molecule is COc1cc(C(=O)O)c(Br)c(N)c1O. The number of anilines is 1. The molecule has 0 heterocycles. The highest BCUT2D eigenvalue weighted by atomic mass is 79.9. The van der Waals surface area contributed by atoms with Crippen LogP contribution in [-0.2, 0) is 0 Å². The highest BCUT2D eigenvalue weighted by Gasteiger charge is 2.18. The molecule has 6 heteroatoms. The van der Waals surface area contributed by atoms with Crippen molar-refractivity contribution >= 4 is 27.6 Å². The second-order valence-corrected chi connectivity index (χ2v) is 3.30. The molecule has 1 aromatic carbocycles. The van der Waals surface area contributed by atoms with Crippen LogP contribution in [-0.4, -0.2) is 23.3 Å². The molecule has 0 aliphatic heterocycles. The first kappa shape index (κ1) is 10.6. The fourth-order valence-electron chi connectivity index (χ4n) is 0.956. The zero-order chi connectivity index (χ0) is 10.9. The number of aromatic hydroxyl groups is 1. The van der Waals surface area contributed by atoms with E-state index < -0.39 is 5.97 Å². The lowest BCUT2D eigenvalue weighted by Gasteiger charge is -2.09. The molecule has 0 spiro atoms. The normalized spacial score (nSPS) is 9.86. The van der Waals surface area contributed by atoms with Gasteiger partial charge in [0.2, 0.25) is 0 Å². The van der Waals surface area contributed by atoms with Crippen molar-refractivity contribution in [2.45, 2.75) is 0 Å². The number of nitrogens with two attached hydrogens (primary N) is 1. The number of rotatable bonds is 2. The molecule has 4 N–H and O–H groups in total. The molecule has 0 aliphatic carbocycles. The monoisotopic (exact) mass is 261 g/mol. The number of carbonyl (C=O) groups is 1. The first-order valence-electron chi connectivity index (χ1n) is 3.57. The molecule has 0 unspecified atom stereocenters. The molecule has 0 saturated carbocycles. The van der Waals surface area contributed by atoms with Crippen LogP contribution in [0.5, 0.6) is 11.5 Å². The van der Waals surface area contributed by atoms with Gasteiger partial charge in [-0.1, -0.05) is 0 Å². The number of ether oxygens (including phenoxy) is 1. The minimum atomic E-state index is -1.15. The third kappa shape index (κ3) is 1.60. The van der Waals surface area contributed by atoms with Crippen LogP contribution >= 0.6 is 15.9 Å². The molecule has 1 aromatic rings. The van der Waals surface area contributed by atoms with Crippen molar-refractivity contribution in [1.29, 1.82) is 0 Å². The van der Waals surface area contributed by atoms with Crippen molar-refractivity contribution in [2.24, 2.45) is 0 Å². The van der Waals surface area contributed by atoms with Crippen LogP contribution in [0.2, 0.25) is 0 Å². The van der Waals surface area contributed by atoms with Crippen LogP contribution in [0.25, 0.3) is 0 Å². The number of phenolic OH excluding ortho intramolecular Hbond substituents is 1. The van der Waals surface area contributed by atoms with E-state index in [1.165, 1.54) is 13.2 Å². The number of carboxylic acids is 1. The van der Waals surface area contributed by atoms with Crippen molar-refractivity contribution in [2.75, 3.05) is 12.8 Å². The summed E-state index contributed by atoms with van der Waals surface area (Å²) >= 11 is 2.97. The fourth-order valence-corrected chi connectivity index (χ4v) is 1.43. The van der Waals surface area contributed by atoms with Gasteiger partial charge < -0.3 is 20.7 Å². The third-order valence-electron chi connectivity index (χ3n) is 1.69. The summed E-state index contributed by atoms with van der Waals surface area (Å²) in [7, 11) is 1.31. The van der Waals surface area contributed by atoms with Crippen LogP contribution in [0.15, 0.2) is 10.5 Å². The van der Waals surface area contributed by atoms with Gasteiger partial charge in [0.1, 0.15) is 0 Å². The number of carboxylic acid groups (broad SMARTS) is 1. The average Bonchev–Trinajstić information content (AvgIpc) is 2.14. The van der Waals surface area contributed by atoms with Crippen LogP contribution in [0.1, 0.15) is 10.4 Å². The predicted octanol–water partition coefficient (Wildman–Crippen LogP) is 1.44. The standard InChI is InChI=1S/C8H8BrNO4/c1-14-4-2-3(8(12)13)5(9)6(10)7(4)11/h2,11H,10H2,1H3,(H,12,13). The van der Waals surface area contributed by atoms with E-state index in [2.05, 4.69) is 15.9 Å². The van der Waals surface area contributed by atoms with Crippen LogP contribution in [0.3, 0.4) is 0 Å². The minimum absolute atomic E-state index is 0.0306. The molecule has 0 aromatic heterocycles. The van der Waals surface area contributed by atoms with Gasteiger partial charge in [0, 0.05) is 0 Å². The van der Waals surface area contributed by atoms with E-state index in [4.69, 9.17) is 15.6 Å². The van der Waals surface area contributed by atoms with Crippen molar-refractivity contribution in [3.05, 3.63) is 16.1 Å². The highest BCUT2D eigenvalue weighted by molar-refractivity contribution is 9.10. The van der Waals surface area contributed by atoms with Gasteiger partial charge in [0.05, 0.1) is 22.8 Å². The zero-order valence-corrected chi connectivity index (χ0v) is 8.83. The maximum absolute atomic E-state index is 10.7. The van der Waals surface area contributed by atoms with Gasteiger partial charge in [-0.15, -0.1) is 0 Å². The quantitative estimate of drug-likeness (QED) is 0.554. The molecule has 76 valence electrons. The Kier molecular flexibility index (Phi) is 2.85. The molecule has 1 rings (SSSR count). The summed E-state index contributed by atoms with van der Waals surface area (Å²) in [5, 5.41) is 18.2. The Bertz CT molecular complexity index is 391. The number of halogens is 1. The Morgan fingerprint density at radius 3 is 2.64 bits per heavy atom. The van der Waals surface area contributed by atoms with Gasteiger partial charge in [-0.25, -0.2) is 4.79 Å². The summed E-state index contributed by atoms with van der Waals surface area (Å²) in [6, 6.07) is 1.19. The van der Waals surface area contributed by atoms with Gasteiger partial charge in [-0.2, -0.15) is 0 Å². The number of hydrogen-bond acceptors (Lipinski definition) is 4. The fraction of sp³-hybridized carbons (Fsp3) is 0.125. The summed E-state index contributed by atoms with van der Waals surface area (Å²) < 4.78 is 4.90. The molecule has 0 aliphatic rings. The van der Waals surface area contributed by atoms with Gasteiger partial charge >= 0.3 is 5.97 Å². The summed E-state index contributed by atoms with van der Waals surface area (Å²) in [6.45, 7) is 0. The smallest absolute Gasteiger partial charge is 0.337 e. The molecule has 5 nitrogen and oxygen atoms in total. The van der Waals surface area contributed by atoms with Crippen molar-refractivity contribution < 1.29 is 19.7 Å². The first-order valence-corrected chi connectivity index (χ1v) is 4.36. The largest absolute Gasteiger partial charge is 0.503 e. The Balaban J connectivity index is 3.48. The topological polar surface area (TPSA) is 92.8 Å². The predicted molar refractivity (Wildman–Crippen MR) is 53.7 cm³/mol. The highest BCUT2D eigenvalue weighted by Crippen LogP contribution is 2.39. The number of methoxy groups -OCH3 is 1. The Labute approximate surface area is 88.2 Å². The number of aromatic carboxylic acids is 1. The van der Waals surface area contributed by atoms with E-state index in [-0.39, 0.29) is 27.2 Å². The van der Waals surface area contributed by atoms with Gasteiger partial charge in [-0.05, 0) is 22.0 Å². The van der Waals surface area contributed by atoms with Crippen LogP contribution in [0.4, 0.5) is 5.69 Å². The molecular weight excluding hydrogens is 254 g/mol. The molecule has 14 heavy (non-hydrogen) atoms. The second-order valence-electron chi connectivity index (χ2n) is 2.51. The average molecular weight is 262 g/mol. The molecule has 0 radical (unpaired) electrons. The summed E-state index contributed by atoms with van der Waals surface area (Å²) in [5.41, 5.74) is 5.34. The van der Waals surface area contributed by atoms with E-state index in [9.17, 15) is 9.90 Å². The maximum atomic E-state index is 10.7. The third-order valence-corrected chi connectivity index (χ3v) is 2.54. The lowest BCUT2D eigenvalue weighted by atomic mass is 10.1. The van der Waals surface area contributed by atoms with E-state index in [1.54, 1.807) is 0 Å². The number of benzene rings is 1. The summed E-state index contributed by atoms with van der Waals surface area (Å²) in [6.07, 6.45) is 0. The zero-order valence-electron chi connectivity index (χ0n) is 7.24. The molecule has 0 amide bonds. The lowest BCUT2D eigenvalue weighted by Crippen LogP contribution is -2.02. The minimum Gasteiger partial charge on any atom is -0.503 e. The number of hydrogen-bond donors (Lipinski definition) is 3. The first-order chi connectivity index (χ1) is 6.49. The van der Waals surface area contributed by atoms with Gasteiger partial charge in [0.25, 0.3) is 0 Å². The van der Waals surface area contributed by atoms with E-state index in [0.717, 1.165) is 0 Å². The van der Waals surface area contributed by atoms with Crippen LogP contribution in [0, 0.1) is 0 Å². The van der Waals surface area contributed by atoms with E-state index in [1.807, 2.05) is 0 Å². The Hall–Kier alpha value is -1.43. The molecule has 0 bridgehead atoms.